The van der Waals surface area contributed by atoms with Gasteiger partial charge < -0.3 is 21.3 Å². The first-order valence-electron chi connectivity index (χ1n) is 6.52. The van der Waals surface area contributed by atoms with Crippen molar-refractivity contribution in [2.24, 2.45) is 0 Å². The molecule has 100 valence electrons. The standard InChI is InChI=1S/C12H22N6/c1-3-18-6-4-5-9(8-18)15-11-7-10(14-2)16-12(13)17-11/h7,9H,3-6,8H2,1-2H3,(H4,13,14,15,16,17). The zero-order valence-electron chi connectivity index (χ0n) is 11.1. The smallest absolute Gasteiger partial charge is 0.223 e. The minimum Gasteiger partial charge on any atom is -0.373 e. The summed E-state index contributed by atoms with van der Waals surface area (Å²) in [5.41, 5.74) is 5.68. The van der Waals surface area contributed by atoms with Gasteiger partial charge in [-0.2, -0.15) is 9.97 Å². The molecule has 6 heteroatoms. The molecule has 1 unspecified atom stereocenters. The maximum atomic E-state index is 5.68. The zero-order chi connectivity index (χ0) is 13.0. The molecule has 18 heavy (non-hydrogen) atoms. The van der Waals surface area contributed by atoms with Crippen molar-refractivity contribution < 1.29 is 0 Å². The van der Waals surface area contributed by atoms with Crippen LogP contribution in [0, 0.1) is 0 Å². The molecule has 1 aliphatic heterocycles. The normalized spacial score (nSPS) is 20.7. The first-order chi connectivity index (χ1) is 8.71. The van der Waals surface area contributed by atoms with E-state index in [4.69, 9.17) is 5.73 Å². The molecule has 0 amide bonds. The van der Waals surface area contributed by atoms with Crippen molar-refractivity contribution in [3.8, 4) is 0 Å². The molecular formula is C12H22N6. The zero-order valence-corrected chi connectivity index (χ0v) is 11.1. The van der Waals surface area contributed by atoms with E-state index < -0.39 is 0 Å². The third-order valence-corrected chi connectivity index (χ3v) is 3.30. The average molecular weight is 250 g/mol. The molecule has 1 fully saturated rings. The van der Waals surface area contributed by atoms with Crippen LogP contribution in [0.25, 0.3) is 0 Å². The largest absolute Gasteiger partial charge is 0.373 e. The second kappa shape index (κ2) is 5.86. The summed E-state index contributed by atoms with van der Waals surface area (Å²) in [6.45, 7) is 5.56. The number of nitrogens with one attached hydrogen (secondary N) is 2. The van der Waals surface area contributed by atoms with E-state index in [1.165, 1.54) is 19.4 Å². The summed E-state index contributed by atoms with van der Waals surface area (Å²) in [5, 5.41) is 6.43. The van der Waals surface area contributed by atoms with Crippen molar-refractivity contribution in [2.45, 2.75) is 25.8 Å². The van der Waals surface area contributed by atoms with Gasteiger partial charge in [0.05, 0.1) is 0 Å². The van der Waals surface area contributed by atoms with Crippen molar-refractivity contribution in [2.75, 3.05) is 43.0 Å². The first-order valence-corrected chi connectivity index (χ1v) is 6.52. The number of nitrogen functional groups attached to an aromatic ring is 1. The molecule has 0 aliphatic carbocycles. The Kier molecular flexibility index (Phi) is 4.19. The lowest BCUT2D eigenvalue weighted by atomic mass is 10.1. The van der Waals surface area contributed by atoms with Gasteiger partial charge in [0, 0.05) is 25.7 Å². The summed E-state index contributed by atoms with van der Waals surface area (Å²) < 4.78 is 0. The lowest BCUT2D eigenvalue weighted by molar-refractivity contribution is 0.226. The Labute approximate surface area is 108 Å². The summed E-state index contributed by atoms with van der Waals surface area (Å²) in [6.07, 6.45) is 2.40. The monoisotopic (exact) mass is 250 g/mol. The van der Waals surface area contributed by atoms with Crippen LogP contribution in [0.5, 0.6) is 0 Å². The predicted molar refractivity (Wildman–Crippen MR) is 74.7 cm³/mol. The Balaban J connectivity index is 2.02. The highest BCUT2D eigenvalue weighted by Gasteiger charge is 2.19. The van der Waals surface area contributed by atoms with Gasteiger partial charge in [-0.15, -0.1) is 0 Å². The van der Waals surface area contributed by atoms with Gasteiger partial charge in [0.1, 0.15) is 11.6 Å². The van der Waals surface area contributed by atoms with Crippen LogP contribution in [-0.2, 0) is 0 Å². The molecule has 1 aromatic rings. The number of nitrogens with two attached hydrogens (primary N) is 1. The number of likely N-dealkylation sites (tertiary alicyclic amines) is 1. The summed E-state index contributed by atoms with van der Waals surface area (Å²) >= 11 is 0. The molecule has 1 aliphatic rings. The van der Waals surface area contributed by atoms with E-state index in [2.05, 4.69) is 32.4 Å². The lowest BCUT2D eigenvalue weighted by Crippen LogP contribution is -2.42. The summed E-state index contributed by atoms with van der Waals surface area (Å²) in [6, 6.07) is 2.33. The molecule has 1 saturated heterocycles. The molecule has 4 N–H and O–H groups in total. The summed E-state index contributed by atoms with van der Waals surface area (Å²) in [7, 11) is 1.82. The molecule has 1 aromatic heterocycles. The number of piperidine rings is 1. The second-order valence-electron chi connectivity index (χ2n) is 4.62. The highest BCUT2D eigenvalue weighted by atomic mass is 15.2. The third kappa shape index (κ3) is 3.22. The maximum Gasteiger partial charge on any atom is 0.223 e. The molecular weight excluding hydrogens is 228 g/mol. The van der Waals surface area contributed by atoms with Crippen molar-refractivity contribution in [3.05, 3.63) is 6.07 Å². The van der Waals surface area contributed by atoms with E-state index in [0.29, 0.717) is 12.0 Å². The van der Waals surface area contributed by atoms with Crippen LogP contribution in [0.3, 0.4) is 0 Å². The van der Waals surface area contributed by atoms with Crippen molar-refractivity contribution >= 4 is 17.6 Å². The van der Waals surface area contributed by atoms with E-state index in [1.54, 1.807) is 0 Å². The highest BCUT2D eigenvalue weighted by molar-refractivity contribution is 5.51. The number of hydrogen-bond donors (Lipinski definition) is 3. The second-order valence-corrected chi connectivity index (χ2v) is 4.62. The van der Waals surface area contributed by atoms with Gasteiger partial charge in [0.2, 0.25) is 5.95 Å². The van der Waals surface area contributed by atoms with Gasteiger partial charge in [-0.25, -0.2) is 0 Å². The Morgan fingerprint density at radius 3 is 2.94 bits per heavy atom. The number of likely N-dealkylation sites (N-methyl/N-ethyl adjacent to an activating group) is 1. The van der Waals surface area contributed by atoms with E-state index in [-0.39, 0.29) is 0 Å². The molecule has 0 radical (unpaired) electrons. The SMILES string of the molecule is CCN1CCCC(Nc2cc(NC)nc(N)n2)C1. The fourth-order valence-corrected chi connectivity index (χ4v) is 2.34. The van der Waals surface area contributed by atoms with Gasteiger partial charge in [-0.1, -0.05) is 6.92 Å². The van der Waals surface area contributed by atoms with Gasteiger partial charge >= 0.3 is 0 Å². The van der Waals surface area contributed by atoms with Gasteiger partial charge in [-0.3, -0.25) is 0 Å². The quantitative estimate of drug-likeness (QED) is 0.740. The third-order valence-electron chi connectivity index (χ3n) is 3.30. The highest BCUT2D eigenvalue weighted by Crippen LogP contribution is 2.17. The molecule has 2 rings (SSSR count). The Hall–Kier alpha value is -1.56. The Morgan fingerprint density at radius 2 is 2.22 bits per heavy atom. The summed E-state index contributed by atoms with van der Waals surface area (Å²) in [5.74, 6) is 1.84. The molecule has 6 nitrogen and oxygen atoms in total. The topological polar surface area (TPSA) is 79.1 Å². The van der Waals surface area contributed by atoms with E-state index in [9.17, 15) is 0 Å². The molecule has 0 aromatic carbocycles. The minimum absolute atomic E-state index is 0.299. The van der Waals surface area contributed by atoms with Gasteiger partial charge in [0.15, 0.2) is 0 Å². The van der Waals surface area contributed by atoms with E-state index in [1.807, 2.05) is 13.1 Å². The molecule has 0 spiro atoms. The Morgan fingerprint density at radius 1 is 1.44 bits per heavy atom. The van der Waals surface area contributed by atoms with Crippen molar-refractivity contribution in [3.63, 3.8) is 0 Å². The number of nitrogens with zero attached hydrogens (tertiary/aromatic N) is 3. The Bertz CT molecular complexity index is 394. The van der Waals surface area contributed by atoms with E-state index in [0.717, 1.165) is 24.7 Å². The first kappa shape index (κ1) is 12.9. The average Bonchev–Trinajstić information content (AvgIpc) is 2.38. The molecule has 0 saturated carbocycles. The van der Waals surface area contributed by atoms with Gasteiger partial charge in [0.25, 0.3) is 0 Å². The van der Waals surface area contributed by atoms with Crippen molar-refractivity contribution in [1.82, 2.24) is 14.9 Å². The van der Waals surface area contributed by atoms with Crippen LogP contribution >= 0.6 is 0 Å². The minimum atomic E-state index is 0.299. The molecule has 0 bridgehead atoms. The van der Waals surface area contributed by atoms with Crippen LogP contribution in [0.15, 0.2) is 6.07 Å². The van der Waals surface area contributed by atoms with Crippen molar-refractivity contribution in [1.29, 1.82) is 0 Å². The fourth-order valence-electron chi connectivity index (χ4n) is 2.34. The van der Waals surface area contributed by atoms with Crippen LogP contribution in [0.4, 0.5) is 17.6 Å². The summed E-state index contributed by atoms with van der Waals surface area (Å²) in [4.78, 5) is 10.8. The molecule has 1 atom stereocenters. The molecule has 2 heterocycles. The number of rotatable bonds is 4. The maximum absolute atomic E-state index is 5.68. The lowest BCUT2D eigenvalue weighted by Gasteiger charge is -2.32. The van der Waals surface area contributed by atoms with Crippen LogP contribution in [0.2, 0.25) is 0 Å². The van der Waals surface area contributed by atoms with E-state index >= 15 is 0 Å². The van der Waals surface area contributed by atoms with Crippen LogP contribution in [0.1, 0.15) is 19.8 Å². The fraction of sp³-hybridized carbons (Fsp3) is 0.667. The number of anilines is 3. The number of hydrogen-bond acceptors (Lipinski definition) is 6. The van der Waals surface area contributed by atoms with Crippen LogP contribution in [-0.4, -0.2) is 47.6 Å². The predicted octanol–water partition coefficient (Wildman–Crippen LogP) is 0.997. The van der Waals surface area contributed by atoms with Gasteiger partial charge in [-0.05, 0) is 25.9 Å². The van der Waals surface area contributed by atoms with Crippen LogP contribution < -0.4 is 16.4 Å². The number of aromatic nitrogens is 2.